The molecule has 9 unspecified atom stereocenters. The van der Waals surface area contributed by atoms with Crippen molar-refractivity contribution < 1.29 is 71.8 Å². The monoisotopic (exact) mass is 2050 g/mol. The number of esters is 3. The summed E-state index contributed by atoms with van der Waals surface area (Å²) in [6.07, 6.45) is 13.0. The van der Waals surface area contributed by atoms with Crippen LogP contribution in [0.2, 0.25) is 0 Å². The average Bonchev–Trinajstić information content (AvgIpc) is 0.874. The van der Waals surface area contributed by atoms with E-state index in [1.54, 1.807) is 20.8 Å². The van der Waals surface area contributed by atoms with Crippen LogP contribution in [-0.2, 0) is 67.0 Å². The quantitative estimate of drug-likeness (QED) is 0.00604. The smallest absolute Gasteiger partial charge is 0.407 e. The van der Waals surface area contributed by atoms with Gasteiger partial charge in [0.2, 0.25) is 0 Å². The lowest BCUT2D eigenvalue weighted by Crippen LogP contribution is -2.64. The SMILES string of the molecule is C=C(C)C(=O)OCC(ON1C(C)(C)CCCC1(C)C)c1ccccc1.[C-]#[N+]C(C)(CCC(=O)OCC(ON1C(C)(C)CC(C)CC1(C)C)c1ccccc1)NNC(C)(C#N)CCC(=O)OCC(ON1C(C)(C)CC(NC(=O)OC(C)(C)C)CC1(C)C)c1ccccc1.[C-]#[N+]C(C)(CCCOCC(ON1C(C)(C)CCCC1(C)C)c1ccccc1)NNC(C)(C#N)CCCOCC(ON1C(C)(C)CCCC1(C)C)c1ccccc1. The Morgan fingerprint density at radius 2 is 0.662 bits per heavy atom. The number of hydrogen-bond donors (Lipinski definition) is 5. The minimum atomic E-state index is -1.28. The summed E-state index contributed by atoms with van der Waals surface area (Å²) in [4.78, 5) is 92.3. The van der Waals surface area contributed by atoms with Gasteiger partial charge in [0.15, 0.2) is 0 Å². The molecule has 5 aliphatic rings. The van der Waals surface area contributed by atoms with E-state index in [2.05, 4.69) is 245 Å². The minimum absolute atomic E-state index is 0.00790. The number of amides is 1. The Labute approximate surface area is 888 Å². The number of carbonyl (C=O) groups excluding carboxylic acids is 4. The number of nitrogens with one attached hydrogen (secondary N) is 5. The van der Waals surface area contributed by atoms with E-state index in [4.69, 9.17) is 65.8 Å². The maximum absolute atomic E-state index is 13.3. The molecule has 5 aromatic carbocycles. The van der Waals surface area contributed by atoms with E-state index in [0.717, 1.165) is 79.2 Å². The van der Waals surface area contributed by atoms with Crippen LogP contribution < -0.4 is 27.0 Å². The number of hydrogen-bond acceptors (Lipinski definition) is 26. The second-order valence-electron chi connectivity index (χ2n) is 49.7. The summed E-state index contributed by atoms with van der Waals surface area (Å²) in [6.45, 7) is 81.6. The molecule has 818 valence electrons. The molecule has 5 fully saturated rings. The molecule has 5 N–H and O–H groups in total. The molecule has 0 saturated carbocycles. The predicted molar refractivity (Wildman–Crippen MR) is 581 cm³/mol. The number of carbonyl (C=O) groups is 4. The summed E-state index contributed by atoms with van der Waals surface area (Å²) in [5.41, 5.74) is 10.5. The number of rotatable bonds is 47. The first kappa shape index (κ1) is 124. The number of hydroxylamine groups is 10. The zero-order chi connectivity index (χ0) is 110. The van der Waals surface area contributed by atoms with Gasteiger partial charge in [-0.2, -0.15) is 46.7 Å². The van der Waals surface area contributed by atoms with Crippen LogP contribution in [0.4, 0.5) is 4.79 Å². The second kappa shape index (κ2) is 53.4. The first-order valence-corrected chi connectivity index (χ1v) is 53.6. The normalized spacial score (nSPS) is 21.6. The van der Waals surface area contributed by atoms with Crippen molar-refractivity contribution in [3.8, 4) is 12.1 Å². The molecule has 0 spiro atoms. The van der Waals surface area contributed by atoms with Gasteiger partial charge >= 0.3 is 24.0 Å². The lowest BCUT2D eigenvalue weighted by Gasteiger charge is -2.54. The summed E-state index contributed by atoms with van der Waals surface area (Å²) < 4.78 is 35.1. The van der Waals surface area contributed by atoms with E-state index >= 15 is 0 Å². The van der Waals surface area contributed by atoms with Crippen LogP contribution in [0.25, 0.3) is 9.69 Å². The van der Waals surface area contributed by atoms with E-state index in [1.807, 2.05) is 167 Å². The molecule has 29 nitrogen and oxygen atoms in total. The largest absolute Gasteiger partial charge is 0.462 e. The first-order chi connectivity index (χ1) is 69.0. The van der Waals surface area contributed by atoms with Crippen molar-refractivity contribution in [1.82, 2.24) is 52.3 Å². The van der Waals surface area contributed by atoms with Gasteiger partial charge < -0.3 is 33.7 Å². The van der Waals surface area contributed by atoms with Gasteiger partial charge in [0.05, 0.1) is 38.2 Å². The summed E-state index contributed by atoms with van der Waals surface area (Å²) >= 11 is 0. The van der Waals surface area contributed by atoms with Gasteiger partial charge in [-0.15, -0.1) is 0 Å². The maximum Gasteiger partial charge on any atom is 0.407 e. The third-order valence-corrected chi connectivity index (χ3v) is 29.0. The average molecular weight is 2050 g/mol. The highest BCUT2D eigenvalue weighted by Crippen LogP contribution is 2.48. The number of benzene rings is 5. The Morgan fingerprint density at radius 3 is 0.959 bits per heavy atom. The number of hydrazine groups is 2. The van der Waals surface area contributed by atoms with Gasteiger partial charge in [-0.25, -0.2) is 33.6 Å². The Morgan fingerprint density at radius 1 is 0.392 bits per heavy atom. The van der Waals surface area contributed by atoms with Gasteiger partial charge in [0.25, 0.3) is 11.3 Å². The molecule has 5 heterocycles. The summed E-state index contributed by atoms with van der Waals surface area (Å²) in [6, 6.07) is 54.2. The fourth-order valence-electron chi connectivity index (χ4n) is 21.9. The fourth-order valence-corrected chi connectivity index (χ4v) is 21.9. The Kier molecular flexibility index (Phi) is 44.8. The molecule has 0 bridgehead atoms. The van der Waals surface area contributed by atoms with E-state index in [-0.39, 0.29) is 120 Å². The van der Waals surface area contributed by atoms with Crippen LogP contribution in [0.3, 0.4) is 0 Å². The molecule has 5 aliphatic heterocycles. The third kappa shape index (κ3) is 37.7. The first-order valence-electron chi connectivity index (χ1n) is 53.6. The van der Waals surface area contributed by atoms with Crippen LogP contribution in [0.15, 0.2) is 164 Å². The van der Waals surface area contributed by atoms with Crippen molar-refractivity contribution in [3.05, 3.63) is 214 Å². The standard InChI is InChI=1S/C52H79N7O8.C46H72N6O4.C21H31NO3/c1-37-30-47(5,6)58(48(7,8)31-37)66-41(38-22-18-16-19-23-38)35-64-44(61)27-29-52(14,54-15)57-56-51(13,36-53)28-26-43(60)63-34-42(39-24-20-17-21-25-39)67-59-49(9,10)32-40(33-50(59,11)12)55-45(62)65-46(2,3)4;1-41(2)26-18-27-42(3,4)51(41)55-39(37-22-14-12-15-23-37)34-53-32-20-30-45(9,36-47)49-50-46(10,48-11)31-21-33-54-35-40(38-24-16-13-17-25-38)56-52-43(5,6)28-19-29-44(52,7)8;1-16(2)19(23)24-15-18(17-11-8-7-9-12-17)25-22-20(3,4)13-10-14-21(22,5)6/h16-25,37,40-42,56-57H,26-35H2,1-14H3,(H,55,62);12-17,22-25,39-40,49-50H,18-21,26-35H2,1-10H3;7-9,11-12,18H,1,10,13-15H2,2-6H3. The van der Waals surface area contributed by atoms with Crippen molar-refractivity contribution in [2.45, 2.75) is 456 Å². The molecule has 10 rings (SSSR count). The predicted octanol–water partition coefficient (Wildman–Crippen LogP) is 24.7. The topological polar surface area (TPSA) is 302 Å². The van der Waals surface area contributed by atoms with E-state index in [1.165, 1.54) is 19.3 Å². The molecule has 0 aliphatic carbocycles. The number of nitrogens with zero attached hydrogens (tertiary/aromatic N) is 9. The van der Waals surface area contributed by atoms with Gasteiger partial charge in [0.1, 0.15) is 67.0 Å². The highest BCUT2D eigenvalue weighted by molar-refractivity contribution is 5.87. The molecule has 0 aromatic heterocycles. The summed E-state index contributed by atoms with van der Waals surface area (Å²) in [5.74, 6) is -0.864. The van der Waals surface area contributed by atoms with Crippen LogP contribution in [-0.4, -0.2) is 185 Å². The Bertz CT molecular complexity index is 4960. The van der Waals surface area contributed by atoms with Crippen LogP contribution in [0.1, 0.15) is 394 Å². The Hall–Kier alpha value is -9.16. The van der Waals surface area contributed by atoms with Crippen molar-refractivity contribution in [2.75, 3.05) is 46.2 Å². The maximum atomic E-state index is 13.3. The second-order valence-corrected chi connectivity index (χ2v) is 49.7. The summed E-state index contributed by atoms with van der Waals surface area (Å²) in [5, 5.41) is 34.0. The van der Waals surface area contributed by atoms with Crippen molar-refractivity contribution in [2.24, 2.45) is 5.92 Å². The van der Waals surface area contributed by atoms with E-state index < -0.39 is 69.3 Å². The highest BCUT2D eigenvalue weighted by atomic mass is 16.7. The minimum Gasteiger partial charge on any atom is -0.462 e. The number of ether oxygens (including phenoxy) is 6. The zero-order valence-corrected chi connectivity index (χ0v) is 95.1. The molecule has 1 amide bonds. The van der Waals surface area contributed by atoms with Crippen LogP contribution in [0, 0.1) is 41.7 Å². The Balaban J connectivity index is 0.000000296. The van der Waals surface area contributed by atoms with Crippen molar-refractivity contribution in [3.63, 3.8) is 0 Å². The fraction of sp³-hybridized carbons (Fsp3) is 0.664. The van der Waals surface area contributed by atoms with Gasteiger partial charge in [-0.3, -0.25) is 43.5 Å². The molecule has 9 atom stereocenters. The summed E-state index contributed by atoms with van der Waals surface area (Å²) in [7, 11) is 0. The van der Waals surface area contributed by atoms with Crippen molar-refractivity contribution >= 4 is 24.0 Å². The number of alkyl carbamates (subject to hydrolysis) is 1. The van der Waals surface area contributed by atoms with Gasteiger partial charge in [-0.05, 0) is 323 Å². The molecular weight excluding hydrogens is 1870 g/mol. The number of nitriles is 2. The van der Waals surface area contributed by atoms with Crippen LogP contribution in [0.5, 0.6) is 0 Å². The van der Waals surface area contributed by atoms with Gasteiger partial charge in [-0.1, -0.05) is 165 Å². The molecule has 148 heavy (non-hydrogen) atoms. The van der Waals surface area contributed by atoms with E-state index in [0.29, 0.717) is 76.4 Å². The molecular formula is C119H182N14O15. The van der Waals surface area contributed by atoms with E-state index in [9.17, 15) is 29.7 Å². The molecule has 0 radical (unpaired) electrons. The number of piperidine rings is 5. The molecule has 29 heteroatoms. The molecule has 5 saturated heterocycles. The molecule has 5 aromatic rings. The van der Waals surface area contributed by atoms with Crippen molar-refractivity contribution in [1.29, 1.82) is 10.5 Å². The van der Waals surface area contributed by atoms with Gasteiger partial charge in [0, 0.05) is 107 Å². The van der Waals surface area contributed by atoms with Crippen LogP contribution >= 0.6 is 0 Å². The lowest BCUT2D eigenvalue weighted by atomic mass is 9.76. The lowest BCUT2D eigenvalue weighted by molar-refractivity contribution is -0.316. The zero-order valence-electron chi connectivity index (χ0n) is 95.1. The third-order valence-electron chi connectivity index (χ3n) is 29.0. The highest BCUT2D eigenvalue weighted by Gasteiger charge is 2.53.